The van der Waals surface area contributed by atoms with Gasteiger partial charge >= 0.3 is 0 Å². The Balaban J connectivity index is 1.23. The number of carbonyl (C=O) groups excluding carboxylic acids is 2. The zero-order chi connectivity index (χ0) is 29.3. The Kier molecular flexibility index (Phi) is 10.6. The van der Waals surface area contributed by atoms with Crippen molar-refractivity contribution in [1.29, 1.82) is 0 Å². The van der Waals surface area contributed by atoms with Gasteiger partial charge in [0.2, 0.25) is 11.8 Å². The highest BCUT2D eigenvalue weighted by Gasteiger charge is 2.32. The van der Waals surface area contributed by atoms with Crippen LogP contribution in [-0.2, 0) is 25.7 Å². The molecule has 0 aliphatic carbocycles. The summed E-state index contributed by atoms with van der Waals surface area (Å²) in [5, 5.41) is 20.9. The molecule has 0 unspecified atom stereocenters. The Morgan fingerprint density at radius 2 is 1.64 bits per heavy atom. The second-order valence-electron chi connectivity index (χ2n) is 10.0. The smallest absolute Gasteiger partial charge is 0.243 e. The fourth-order valence-corrected chi connectivity index (χ4v) is 6.79. The van der Waals surface area contributed by atoms with Crippen molar-refractivity contribution in [1.82, 2.24) is 10.5 Å². The van der Waals surface area contributed by atoms with Crippen LogP contribution in [0.5, 0.6) is 0 Å². The molecule has 4 N–H and O–H groups in total. The van der Waals surface area contributed by atoms with Crippen LogP contribution in [0.3, 0.4) is 0 Å². The number of aliphatic hydroxyl groups is 1. The number of nitrogens with one attached hydrogen (secondary N) is 2. The van der Waals surface area contributed by atoms with E-state index in [1.807, 2.05) is 66.7 Å². The van der Waals surface area contributed by atoms with Gasteiger partial charge in [-0.15, -0.1) is 11.3 Å². The minimum Gasteiger partial charge on any atom is -0.392 e. The fourth-order valence-electron chi connectivity index (χ4n) is 4.67. The number of fused-ring (bicyclic) bond motifs is 1. The van der Waals surface area contributed by atoms with Crippen LogP contribution in [0.2, 0.25) is 0 Å². The summed E-state index contributed by atoms with van der Waals surface area (Å²) in [4.78, 5) is 28.2. The van der Waals surface area contributed by atoms with Crippen LogP contribution in [0.4, 0.5) is 5.69 Å². The number of carbonyl (C=O) groups is 2. The molecule has 2 heterocycles. The van der Waals surface area contributed by atoms with Crippen LogP contribution < -0.4 is 10.8 Å². The molecule has 0 radical (unpaired) electrons. The van der Waals surface area contributed by atoms with Crippen molar-refractivity contribution in [3.8, 4) is 0 Å². The van der Waals surface area contributed by atoms with Crippen molar-refractivity contribution in [3.63, 3.8) is 0 Å². The molecular formula is C31H33N3O6S2. The average Bonchev–Trinajstić information content (AvgIpc) is 3.45. The van der Waals surface area contributed by atoms with Crippen LogP contribution in [0.25, 0.3) is 10.2 Å². The molecule has 1 saturated heterocycles. The van der Waals surface area contributed by atoms with Gasteiger partial charge in [0.05, 0.1) is 29.0 Å². The van der Waals surface area contributed by atoms with Crippen molar-refractivity contribution in [2.75, 3.05) is 11.1 Å². The first kappa shape index (κ1) is 30.1. The molecular weight excluding hydrogens is 574 g/mol. The van der Waals surface area contributed by atoms with Gasteiger partial charge in [0.15, 0.2) is 10.6 Å². The van der Waals surface area contributed by atoms with E-state index in [0.717, 1.165) is 37.0 Å². The lowest BCUT2D eigenvalue weighted by molar-refractivity contribution is -0.245. The van der Waals surface area contributed by atoms with Crippen molar-refractivity contribution < 1.29 is 29.4 Å². The zero-order valence-electron chi connectivity index (χ0n) is 22.9. The van der Waals surface area contributed by atoms with Gasteiger partial charge in [-0.25, -0.2) is 10.5 Å². The summed E-state index contributed by atoms with van der Waals surface area (Å²) in [5.41, 5.74) is 5.96. The number of thiazole rings is 1. The third kappa shape index (κ3) is 8.15. The maximum atomic E-state index is 12.3. The lowest BCUT2D eigenvalue weighted by atomic mass is 10.0. The number of thioether (sulfide) groups is 1. The first-order valence-electron chi connectivity index (χ1n) is 13.8. The number of nitrogens with zero attached hydrogens (tertiary/aromatic N) is 1. The van der Waals surface area contributed by atoms with Gasteiger partial charge in [-0.05, 0) is 48.2 Å². The standard InChI is InChI=1S/C31H33N3O6S2/c35-18-20-9-11-21(12-10-20)26-17-24(19-41-31-33-25-5-1-2-6-27(25)42-31)39-30(40-26)22-13-15-23(16-14-22)32-28(36)7-3-4-8-29(37)34-38/h1-2,5-6,9-16,24,26,30,35,38H,3-4,7-8,17-19H2,(H,32,36)(H,34,37)/t24-,26+,30+/m0/s1. The Labute approximate surface area is 252 Å². The Morgan fingerprint density at radius 1 is 0.929 bits per heavy atom. The highest BCUT2D eigenvalue weighted by Crippen LogP contribution is 2.40. The van der Waals surface area contributed by atoms with Crippen LogP contribution in [0.1, 0.15) is 61.2 Å². The normalized spacial score (nSPS) is 18.6. The van der Waals surface area contributed by atoms with E-state index in [0.29, 0.717) is 24.9 Å². The van der Waals surface area contributed by atoms with Crippen molar-refractivity contribution in [3.05, 3.63) is 89.5 Å². The molecule has 3 aromatic carbocycles. The van der Waals surface area contributed by atoms with Gasteiger partial charge in [-0.1, -0.05) is 60.3 Å². The predicted octanol–water partition coefficient (Wildman–Crippen LogP) is 6.13. The van der Waals surface area contributed by atoms with Gasteiger partial charge in [0.25, 0.3) is 0 Å². The summed E-state index contributed by atoms with van der Waals surface area (Å²) < 4.78 is 15.0. The fraction of sp³-hybridized carbons (Fsp3) is 0.323. The molecule has 0 saturated carbocycles. The lowest BCUT2D eigenvalue weighted by Crippen LogP contribution is -2.31. The number of hydrogen-bond donors (Lipinski definition) is 4. The quantitative estimate of drug-likeness (QED) is 0.0655. The molecule has 3 atom stereocenters. The van der Waals surface area contributed by atoms with Crippen molar-refractivity contribution in [2.45, 2.75) is 61.5 Å². The Hall–Kier alpha value is -3.32. The number of aromatic nitrogens is 1. The predicted molar refractivity (Wildman–Crippen MR) is 162 cm³/mol. The number of amides is 2. The summed E-state index contributed by atoms with van der Waals surface area (Å²) in [6.45, 7) is -0.0112. The van der Waals surface area contributed by atoms with Crippen molar-refractivity contribution in [2.24, 2.45) is 0 Å². The third-order valence-corrected chi connectivity index (χ3v) is 9.24. The lowest BCUT2D eigenvalue weighted by Gasteiger charge is -2.36. The number of ether oxygens (including phenoxy) is 2. The minimum absolute atomic E-state index is 0.0112. The zero-order valence-corrected chi connectivity index (χ0v) is 24.5. The summed E-state index contributed by atoms with van der Waals surface area (Å²) in [7, 11) is 0. The number of unbranched alkanes of at least 4 members (excludes halogenated alkanes) is 1. The highest BCUT2D eigenvalue weighted by atomic mass is 32.2. The number of para-hydroxylation sites is 1. The topological polar surface area (TPSA) is 130 Å². The molecule has 220 valence electrons. The first-order valence-corrected chi connectivity index (χ1v) is 15.6. The van der Waals surface area contributed by atoms with E-state index in [1.54, 1.807) is 28.6 Å². The molecule has 5 rings (SSSR count). The van der Waals surface area contributed by atoms with Crippen molar-refractivity contribution >= 4 is 50.8 Å². The molecule has 1 aliphatic heterocycles. The molecule has 11 heteroatoms. The molecule has 0 spiro atoms. The molecule has 1 fully saturated rings. The van der Waals surface area contributed by atoms with Gasteiger partial charge in [0.1, 0.15) is 0 Å². The molecule has 2 amide bonds. The number of rotatable bonds is 12. The number of hydrogen-bond acceptors (Lipinski definition) is 9. The van der Waals surface area contributed by atoms with E-state index >= 15 is 0 Å². The Morgan fingerprint density at radius 3 is 2.36 bits per heavy atom. The number of benzene rings is 3. The maximum Gasteiger partial charge on any atom is 0.243 e. The summed E-state index contributed by atoms with van der Waals surface area (Å²) >= 11 is 3.36. The average molecular weight is 608 g/mol. The second kappa shape index (κ2) is 14.7. The van der Waals surface area contributed by atoms with E-state index in [9.17, 15) is 14.7 Å². The summed E-state index contributed by atoms with van der Waals surface area (Å²) in [6, 6.07) is 23.3. The molecule has 1 aromatic heterocycles. The van der Waals surface area contributed by atoms with Crippen LogP contribution >= 0.6 is 23.1 Å². The monoisotopic (exact) mass is 607 g/mol. The minimum atomic E-state index is -0.593. The molecule has 1 aliphatic rings. The molecule has 0 bridgehead atoms. The van der Waals surface area contributed by atoms with Gasteiger partial charge in [-0.2, -0.15) is 0 Å². The summed E-state index contributed by atoms with van der Waals surface area (Å²) in [5.74, 6) is 0.120. The molecule has 9 nitrogen and oxygen atoms in total. The number of aliphatic hydroxyl groups excluding tert-OH is 1. The third-order valence-electron chi connectivity index (χ3n) is 6.93. The second-order valence-corrected chi connectivity index (χ2v) is 12.3. The largest absolute Gasteiger partial charge is 0.392 e. The Bertz CT molecular complexity index is 1450. The number of hydroxylamine groups is 1. The molecule has 42 heavy (non-hydrogen) atoms. The van der Waals surface area contributed by atoms with E-state index in [1.165, 1.54) is 0 Å². The first-order chi connectivity index (χ1) is 20.5. The highest BCUT2D eigenvalue weighted by molar-refractivity contribution is 8.01. The van der Waals surface area contributed by atoms with Crippen LogP contribution in [-0.4, -0.2) is 39.0 Å². The van der Waals surface area contributed by atoms with E-state index < -0.39 is 12.2 Å². The SMILES string of the molecule is O=C(CCCCC(=O)Nc1ccc([C@@H]2O[C@H](CSc3nc4ccccc4s3)C[C@H](c3ccc(CO)cc3)O2)cc1)NO. The number of anilines is 1. The van der Waals surface area contributed by atoms with E-state index in [4.69, 9.17) is 19.7 Å². The maximum absolute atomic E-state index is 12.3. The van der Waals surface area contributed by atoms with Gasteiger partial charge < -0.3 is 19.9 Å². The van der Waals surface area contributed by atoms with Crippen LogP contribution in [0.15, 0.2) is 77.1 Å². The van der Waals surface area contributed by atoms with E-state index in [2.05, 4.69) is 11.4 Å². The van der Waals surface area contributed by atoms with Gasteiger partial charge in [-0.3, -0.25) is 14.8 Å². The van der Waals surface area contributed by atoms with Crippen LogP contribution in [0, 0.1) is 0 Å². The van der Waals surface area contributed by atoms with Gasteiger partial charge in [0, 0.05) is 36.3 Å². The summed E-state index contributed by atoms with van der Waals surface area (Å²) in [6.07, 6.45) is 1.31. The van der Waals surface area contributed by atoms with E-state index in [-0.39, 0.29) is 37.6 Å². The molecule has 4 aromatic rings.